The molecule has 0 bridgehead atoms. The summed E-state index contributed by atoms with van der Waals surface area (Å²) in [5.41, 5.74) is 2.98. The molecule has 1 saturated heterocycles. The lowest BCUT2D eigenvalue weighted by atomic mass is 9.96. The summed E-state index contributed by atoms with van der Waals surface area (Å²) in [6.45, 7) is 8.30. The van der Waals surface area contributed by atoms with Gasteiger partial charge in [0.25, 0.3) is 0 Å². The molecule has 0 radical (unpaired) electrons. The van der Waals surface area contributed by atoms with E-state index < -0.39 is 0 Å². The fourth-order valence-corrected chi connectivity index (χ4v) is 3.46. The normalized spacial score (nSPS) is 18.9. The molecule has 2 atom stereocenters. The first-order valence-corrected chi connectivity index (χ1v) is 9.34. The molecule has 0 aromatic heterocycles. The van der Waals surface area contributed by atoms with Gasteiger partial charge in [0.2, 0.25) is 5.91 Å². The van der Waals surface area contributed by atoms with Crippen molar-refractivity contribution >= 4 is 5.91 Å². The van der Waals surface area contributed by atoms with Crippen molar-refractivity contribution in [1.29, 1.82) is 0 Å². The summed E-state index contributed by atoms with van der Waals surface area (Å²) in [5.74, 6) is -0.348. The van der Waals surface area contributed by atoms with E-state index >= 15 is 0 Å². The van der Waals surface area contributed by atoms with Crippen LogP contribution in [-0.2, 0) is 4.79 Å². The summed E-state index contributed by atoms with van der Waals surface area (Å²) >= 11 is 0. The lowest BCUT2D eigenvalue weighted by Crippen LogP contribution is -2.40. The van der Waals surface area contributed by atoms with E-state index in [1.54, 1.807) is 12.1 Å². The number of likely N-dealkylation sites (tertiary alicyclic amines) is 1. The van der Waals surface area contributed by atoms with Gasteiger partial charge in [0, 0.05) is 25.2 Å². The van der Waals surface area contributed by atoms with Crippen molar-refractivity contribution in [2.24, 2.45) is 0 Å². The third-order valence-electron chi connectivity index (χ3n) is 5.28. The number of hydrogen-bond donors (Lipinski definition) is 1. The molecule has 2 aromatic carbocycles. The van der Waals surface area contributed by atoms with Crippen LogP contribution in [0, 0.1) is 5.82 Å². The van der Waals surface area contributed by atoms with E-state index in [0.29, 0.717) is 6.04 Å². The van der Waals surface area contributed by atoms with E-state index in [4.69, 9.17) is 0 Å². The summed E-state index contributed by atoms with van der Waals surface area (Å²) in [6, 6.07) is 15.2. The molecule has 138 valence electrons. The van der Waals surface area contributed by atoms with Gasteiger partial charge in [-0.1, -0.05) is 36.4 Å². The number of rotatable bonds is 5. The molecular weight excluding hydrogens is 327 g/mol. The van der Waals surface area contributed by atoms with Crippen molar-refractivity contribution in [3.8, 4) is 11.1 Å². The van der Waals surface area contributed by atoms with Crippen molar-refractivity contribution in [2.75, 3.05) is 13.1 Å². The summed E-state index contributed by atoms with van der Waals surface area (Å²) in [5, 5.41) is 3.19. The van der Waals surface area contributed by atoms with E-state index in [1.807, 2.05) is 31.2 Å². The Morgan fingerprint density at radius 1 is 1.04 bits per heavy atom. The number of benzene rings is 2. The smallest absolute Gasteiger partial charge is 0.227 e. The Morgan fingerprint density at radius 2 is 1.62 bits per heavy atom. The SMILES string of the molecule is CC(C(=O)NC1CCN(C(C)C)C1)c1ccc(-c2ccc(F)cc2)cc1. The maximum absolute atomic E-state index is 13.0. The van der Waals surface area contributed by atoms with Crippen LogP contribution in [0.4, 0.5) is 4.39 Å². The zero-order valence-corrected chi connectivity index (χ0v) is 15.7. The molecule has 1 amide bonds. The summed E-state index contributed by atoms with van der Waals surface area (Å²) in [6.07, 6.45) is 1.01. The molecule has 1 N–H and O–H groups in total. The first-order chi connectivity index (χ1) is 12.4. The highest BCUT2D eigenvalue weighted by molar-refractivity contribution is 5.83. The van der Waals surface area contributed by atoms with Gasteiger partial charge in [-0.3, -0.25) is 9.69 Å². The average Bonchev–Trinajstić information content (AvgIpc) is 3.11. The number of nitrogens with zero attached hydrogens (tertiary/aromatic N) is 1. The van der Waals surface area contributed by atoms with Gasteiger partial charge in [0.05, 0.1) is 5.92 Å². The second kappa shape index (κ2) is 8.00. The highest BCUT2D eigenvalue weighted by Gasteiger charge is 2.27. The highest BCUT2D eigenvalue weighted by Crippen LogP contribution is 2.24. The number of amides is 1. The molecule has 1 heterocycles. The summed E-state index contributed by atoms with van der Waals surface area (Å²) in [7, 11) is 0. The fraction of sp³-hybridized carbons (Fsp3) is 0.409. The zero-order chi connectivity index (χ0) is 18.7. The lowest BCUT2D eigenvalue weighted by Gasteiger charge is -2.21. The molecule has 1 aliphatic heterocycles. The van der Waals surface area contributed by atoms with Crippen molar-refractivity contribution < 1.29 is 9.18 Å². The Bertz CT molecular complexity index is 740. The standard InChI is InChI=1S/C22H27FN2O/c1-15(2)25-13-12-21(14-25)24-22(26)16(3)17-4-6-18(7-5-17)19-8-10-20(23)11-9-19/h4-11,15-16,21H,12-14H2,1-3H3,(H,24,26). The third kappa shape index (κ3) is 4.31. The van der Waals surface area contributed by atoms with Gasteiger partial charge in [0.1, 0.15) is 5.82 Å². The summed E-state index contributed by atoms with van der Waals surface area (Å²) in [4.78, 5) is 15.0. The minimum atomic E-state index is -0.237. The predicted octanol–water partition coefficient (Wildman–Crippen LogP) is 4.20. The van der Waals surface area contributed by atoms with Crippen LogP contribution in [-0.4, -0.2) is 36.0 Å². The maximum atomic E-state index is 13.0. The molecule has 3 nitrogen and oxygen atoms in total. The molecule has 4 heteroatoms. The zero-order valence-electron chi connectivity index (χ0n) is 15.7. The number of hydrogen-bond acceptors (Lipinski definition) is 2. The van der Waals surface area contributed by atoms with Crippen molar-refractivity contribution in [3.63, 3.8) is 0 Å². The van der Waals surface area contributed by atoms with Crippen LogP contribution in [0.3, 0.4) is 0 Å². The minimum Gasteiger partial charge on any atom is -0.352 e. The molecule has 2 unspecified atom stereocenters. The Morgan fingerprint density at radius 3 is 2.15 bits per heavy atom. The molecule has 0 saturated carbocycles. The molecule has 1 fully saturated rings. The van der Waals surface area contributed by atoms with Gasteiger partial charge < -0.3 is 5.32 Å². The van der Waals surface area contributed by atoms with Crippen LogP contribution < -0.4 is 5.32 Å². The Balaban J connectivity index is 1.61. The van der Waals surface area contributed by atoms with Gasteiger partial charge in [0.15, 0.2) is 0 Å². The van der Waals surface area contributed by atoms with Crippen LogP contribution >= 0.6 is 0 Å². The van der Waals surface area contributed by atoms with Crippen LogP contribution in [0.25, 0.3) is 11.1 Å². The van der Waals surface area contributed by atoms with E-state index in [1.165, 1.54) is 12.1 Å². The number of nitrogens with one attached hydrogen (secondary N) is 1. The first kappa shape index (κ1) is 18.6. The average molecular weight is 354 g/mol. The quantitative estimate of drug-likeness (QED) is 0.873. The number of carbonyl (C=O) groups excluding carboxylic acids is 1. The van der Waals surface area contributed by atoms with Gasteiger partial charge in [-0.15, -0.1) is 0 Å². The van der Waals surface area contributed by atoms with Crippen LogP contribution in [0.15, 0.2) is 48.5 Å². The Kier molecular flexibility index (Phi) is 5.72. The fourth-order valence-electron chi connectivity index (χ4n) is 3.46. The lowest BCUT2D eigenvalue weighted by molar-refractivity contribution is -0.122. The molecule has 26 heavy (non-hydrogen) atoms. The van der Waals surface area contributed by atoms with E-state index in [9.17, 15) is 9.18 Å². The van der Waals surface area contributed by atoms with E-state index in [0.717, 1.165) is 36.2 Å². The topological polar surface area (TPSA) is 32.3 Å². The molecule has 0 aliphatic carbocycles. The van der Waals surface area contributed by atoms with Crippen LogP contribution in [0.1, 0.15) is 38.7 Å². The van der Waals surface area contributed by atoms with Crippen molar-refractivity contribution in [2.45, 2.75) is 45.2 Å². The number of halogens is 1. The number of carbonyl (C=O) groups is 1. The van der Waals surface area contributed by atoms with Crippen molar-refractivity contribution in [3.05, 3.63) is 59.9 Å². The van der Waals surface area contributed by atoms with Gasteiger partial charge in [-0.2, -0.15) is 0 Å². The third-order valence-corrected chi connectivity index (χ3v) is 5.28. The first-order valence-electron chi connectivity index (χ1n) is 9.34. The second-order valence-corrected chi connectivity index (χ2v) is 7.43. The Hall–Kier alpha value is -2.20. The van der Waals surface area contributed by atoms with Crippen LogP contribution in [0.5, 0.6) is 0 Å². The molecule has 0 spiro atoms. The van der Waals surface area contributed by atoms with E-state index in [2.05, 4.69) is 24.1 Å². The van der Waals surface area contributed by atoms with Gasteiger partial charge >= 0.3 is 0 Å². The second-order valence-electron chi connectivity index (χ2n) is 7.43. The predicted molar refractivity (Wildman–Crippen MR) is 104 cm³/mol. The van der Waals surface area contributed by atoms with Gasteiger partial charge in [-0.05, 0) is 56.0 Å². The van der Waals surface area contributed by atoms with E-state index in [-0.39, 0.29) is 23.7 Å². The summed E-state index contributed by atoms with van der Waals surface area (Å²) < 4.78 is 13.0. The molecule has 3 rings (SSSR count). The highest BCUT2D eigenvalue weighted by atomic mass is 19.1. The largest absolute Gasteiger partial charge is 0.352 e. The molecule has 2 aromatic rings. The Labute approximate surface area is 155 Å². The molecular formula is C22H27FN2O. The van der Waals surface area contributed by atoms with Gasteiger partial charge in [-0.25, -0.2) is 4.39 Å². The minimum absolute atomic E-state index is 0.0788. The monoisotopic (exact) mass is 354 g/mol. The van der Waals surface area contributed by atoms with Crippen molar-refractivity contribution in [1.82, 2.24) is 10.2 Å². The maximum Gasteiger partial charge on any atom is 0.227 e. The van der Waals surface area contributed by atoms with Crippen LogP contribution in [0.2, 0.25) is 0 Å². The molecule has 1 aliphatic rings.